The number of nitrogens with one attached hydrogen (secondary N) is 1. The molecule has 1 aliphatic heterocycles. The molecule has 0 spiro atoms. The summed E-state index contributed by atoms with van der Waals surface area (Å²) < 4.78 is 7.93. The molecule has 2 aromatic heterocycles. The molecule has 5 heteroatoms. The summed E-state index contributed by atoms with van der Waals surface area (Å²) in [4.78, 5) is 16.5. The molecule has 0 aliphatic carbocycles. The van der Waals surface area contributed by atoms with Crippen molar-refractivity contribution in [3.63, 3.8) is 0 Å². The van der Waals surface area contributed by atoms with Crippen molar-refractivity contribution in [2.75, 3.05) is 6.54 Å². The number of imidazole rings is 1. The van der Waals surface area contributed by atoms with Gasteiger partial charge in [0.1, 0.15) is 23.2 Å². The van der Waals surface area contributed by atoms with Crippen LogP contribution in [0.15, 0.2) is 41.1 Å². The molecule has 1 aromatic carbocycles. The van der Waals surface area contributed by atoms with Crippen molar-refractivity contribution in [2.45, 2.75) is 25.8 Å². The normalized spacial score (nSPS) is 18.0. The Hall–Kier alpha value is -2.56. The highest BCUT2D eigenvalue weighted by molar-refractivity contribution is 5.94. The van der Waals surface area contributed by atoms with E-state index in [1.165, 1.54) is 0 Å². The molecule has 1 aliphatic rings. The highest BCUT2D eigenvalue weighted by Gasteiger charge is 2.29. The molecule has 0 radical (unpaired) electrons. The van der Waals surface area contributed by atoms with Gasteiger partial charge in [-0.15, -0.1) is 0 Å². The fraction of sp³-hybridized carbons (Fsp3) is 0.294. The second-order valence-corrected chi connectivity index (χ2v) is 5.50. The molecular weight excluding hydrogens is 278 g/mol. The zero-order chi connectivity index (χ0) is 15.1. The number of hydrogen-bond acceptors (Lipinski definition) is 3. The topological polar surface area (TPSA) is 60.1 Å². The Morgan fingerprint density at radius 3 is 3.05 bits per heavy atom. The number of fused-ring (bicyclic) bond motifs is 1. The third kappa shape index (κ3) is 1.85. The number of carbonyl (C=O) groups excluding carboxylic acids is 1. The van der Waals surface area contributed by atoms with Crippen LogP contribution in [0.2, 0.25) is 0 Å². The number of amides is 1. The molecule has 1 N–H and O–H groups in total. The molecule has 1 amide bonds. The third-order valence-corrected chi connectivity index (χ3v) is 4.24. The fourth-order valence-electron chi connectivity index (χ4n) is 3.19. The number of rotatable bonds is 3. The average Bonchev–Trinajstić information content (AvgIpc) is 3.23. The molecule has 112 valence electrons. The highest BCUT2D eigenvalue weighted by atomic mass is 16.3. The third-order valence-electron chi connectivity index (χ3n) is 4.24. The molecule has 1 atom stereocenters. The van der Waals surface area contributed by atoms with Crippen molar-refractivity contribution in [1.29, 1.82) is 0 Å². The van der Waals surface area contributed by atoms with E-state index in [0.29, 0.717) is 6.54 Å². The standard InChI is InChI=1S/C17H17N3O2/c1-2-13-15(11-5-3-4-6-14(11)22-13)16-18-9-10-20(16)12-7-8-19-17(12)21/h3-6,9-10,12H,2,7-8H2,1H3,(H,19,21). The second-order valence-electron chi connectivity index (χ2n) is 5.50. The Kier molecular flexibility index (Phi) is 2.99. The quantitative estimate of drug-likeness (QED) is 0.808. The van der Waals surface area contributed by atoms with Gasteiger partial charge < -0.3 is 14.3 Å². The first-order valence-corrected chi connectivity index (χ1v) is 7.61. The Balaban J connectivity index is 1.93. The summed E-state index contributed by atoms with van der Waals surface area (Å²) in [6.07, 6.45) is 5.21. The van der Waals surface area contributed by atoms with Crippen LogP contribution in [0.1, 0.15) is 25.1 Å². The van der Waals surface area contributed by atoms with Gasteiger partial charge in [0.15, 0.2) is 0 Å². The molecule has 1 fully saturated rings. The lowest BCUT2D eigenvalue weighted by molar-refractivity contribution is -0.121. The van der Waals surface area contributed by atoms with Gasteiger partial charge in [0, 0.05) is 30.7 Å². The lowest BCUT2D eigenvalue weighted by atomic mass is 10.1. The Morgan fingerprint density at radius 2 is 2.27 bits per heavy atom. The summed E-state index contributed by atoms with van der Waals surface area (Å²) in [5.41, 5.74) is 1.86. The molecule has 0 saturated carbocycles. The van der Waals surface area contributed by atoms with Crippen LogP contribution in [0, 0.1) is 0 Å². The van der Waals surface area contributed by atoms with Gasteiger partial charge in [-0.05, 0) is 12.5 Å². The minimum Gasteiger partial charge on any atom is -0.460 e. The minimum atomic E-state index is -0.184. The van der Waals surface area contributed by atoms with Gasteiger partial charge in [0.2, 0.25) is 5.91 Å². The van der Waals surface area contributed by atoms with Crippen molar-refractivity contribution >= 4 is 16.9 Å². The molecule has 1 unspecified atom stereocenters. The molecule has 3 aromatic rings. The van der Waals surface area contributed by atoms with Crippen LogP contribution >= 0.6 is 0 Å². The van der Waals surface area contributed by atoms with E-state index in [2.05, 4.69) is 17.2 Å². The van der Waals surface area contributed by atoms with Gasteiger partial charge in [-0.25, -0.2) is 4.98 Å². The van der Waals surface area contributed by atoms with Crippen molar-refractivity contribution in [3.8, 4) is 11.4 Å². The van der Waals surface area contributed by atoms with Crippen molar-refractivity contribution < 1.29 is 9.21 Å². The first kappa shape index (κ1) is 13.1. The van der Waals surface area contributed by atoms with Gasteiger partial charge in [-0.1, -0.05) is 25.1 Å². The first-order valence-electron chi connectivity index (χ1n) is 7.61. The first-order chi connectivity index (χ1) is 10.8. The molecule has 3 heterocycles. The summed E-state index contributed by atoms with van der Waals surface area (Å²) in [6, 6.07) is 7.78. The molecule has 22 heavy (non-hydrogen) atoms. The number of carbonyl (C=O) groups is 1. The largest absolute Gasteiger partial charge is 0.460 e. The van der Waals surface area contributed by atoms with Crippen molar-refractivity contribution in [3.05, 3.63) is 42.4 Å². The molecule has 4 rings (SSSR count). The second kappa shape index (κ2) is 5.02. The van der Waals surface area contributed by atoms with E-state index in [0.717, 1.165) is 41.0 Å². The molecule has 5 nitrogen and oxygen atoms in total. The number of hydrogen-bond donors (Lipinski definition) is 1. The SMILES string of the molecule is CCc1oc2ccccc2c1-c1nccn1C1CCNC1=O. The van der Waals surface area contributed by atoms with Crippen LogP contribution in [0.3, 0.4) is 0 Å². The predicted octanol–water partition coefficient (Wildman–Crippen LogP) is 2.92. The number of nitrogens with zero attached hydrogens (tertiary/aromatic N) is 2. The van der Waals surface area contributed by atoms with Crippen LogP contribution in [-0.4, -0.2) is 22.0 Å². The Bertz CT molecular complexity index is 847. The van der Waals surface area contributed by atoms with Crippen LogP contribution in [-0.2, 0) is 11.2 Å². The van der Waals surface area contributed by atoms with E-state index in [-0.39, 0.29) is 11.9 Å². The lowest BCUT2D eigenvalue weighted by Gasteiger charge is -2.13. The van der Waals surface area contributed by atoms with Crippen LogP contribution in [0.4, 0.5) is 0 Å². The van der Waals surface area contributed by atoms with E-state index < -0.39 is 0 Å². The number of benzene rings is 1. The maximum Gasteiger partial charge on any atom is 0.243 e. The smallest absolute Gasteiger partial charge is 0.243 e. The van der Waals surface area contributed by atoms with Crippen LogP contribution < -0.4 is 5.32 Å². The van der Waals surface area contributed by atoms with Crippen LogP contribution in [0.25, 0.3) is 22.4 Å². The van der Waals surface area contributed by atoms with Crippen molar-refractivity contribution in [2.24, 2.45) is 0 Å². The molecule has 1 saturated heterocycles. The summed E-state index contributed by atoms with van der Waals surface area (Å²) >= 11 is 0. The maximum atomic E-state index is 12.0. The lowest BCUT2D eigenvalue weighted by Crippen LogP contribution is -2.22. The van der Waals surface area contributed by atoms with Gasteiger partial charge >= 0.3 is 0 Å². The number of aromatic nitrogens is 2. The molecule has 0 bridgehead atoms. The summed E-state index contributed by atoms with van der Waals surface area (Å²) in [7, 11) is 0. The minimum absolute atomic E-state index is 0.0603. The van der Waals surface area contributed by atoms with Gasteiger partial charge in [-0.2, -0.15) is 0 Å². The summed E-state index contributed by atoms with van der Waals surface area (Å²) in [5, 5.41) is 3.93. The van der Waals surface area contributed by atoms with Gasteiger partial charge in [0.05, 0.1) is 5.56 Å². The maximum absolute atomic E-state index is 12.0. The van der Waals surface area contributed by atoms with E-state index in [1.807, 2.05) is 35.0 Å². The summed E-state index contributed by atoms with van der Waals surface area (Å²) in [5.74, 6) is 1.78. The Morgan fingerprint density at radius 1 is 1.41 bits per heavy atom. The van der Waals surface area contributed by atoms with Crippen molar-refractivity contribution in [1.82, 2.24) is 14.9 Å². The number of para-hydroxylation sites is 1. The summed E-state index contributed by atoms with van der Waals surface area (Å²) in [6.45, 7) is 2.78. The highest BCUT2D eigenvalue weighted by Crippen LogP contribution is 2.36. The zero-order valence-electron chi connectivity index (χ0n) is 12.4. The average molecular weight is 295 g/mol. The van der Waals surface area contributed by atoms with E-state index >= 15 is 0 Å². The van der Waals surface area contributed by atoms with Gasteiger partial charge in [-0.3, -0.25) is 4.79 Å². The zero-order valence-corrected chi connectivity index (χ0v) is 12.4. The van der Waals surface area contributed by atoms with E-state index in [4.69, 9.17) is 4.42 Å². The Labute approximate surface area is 127 Å². The number of furan rings is 1. The monoisotopic (exact) mass is 295 g/mol. The number of aryl methyl sites for hydroxylation is 1. The van der Waals surface area contributed by atoms with E-state index in [1.54, 1.807) is 6.20 Å². The fourth-order valence-corrected chi connectivity index (χ4v) is 3.19. The van der Waals surface area contributed by atoms with Crippen LogP contribution in [0.5, 0.6) is 0 Å². The molecular formula is C17H17N3O2. The predicted molar refractivity (Wildman–Crippen MR) is 83.5 cm³/mol. The van der Waals surface area contributed by atoms with Gasteiger partial charge in [0.25, 0.3) is 0 Å². The van der Waals surface area contributed by atoms with E-state index in [9.17, 15) is 4.79 Å².